The molecule has 2 aromatic rings. The molecule has 1 aromatic heterocycles. The summed E-state index contributed by atoms with van der Waals surface area (Å²) in [4.78, 5) is 14.0. The van der Waals surface area contributed by atoms with E-state index < -0.39 is 0 Å². The van der Waals surface area contributed by atoms with Gasteiger partial charge in [0.25, 0.3) is 0 Å². The summed E-state index contributed by atoms with van der Waals surface area (Å²) in [5, 5.41) is 4.70. The summed E-state index contributed by atoms with van der Waals surface area (Å²) in [5.41, 5.74) is 6.83. The SMILES string of the molecule is CC.CCCN(CCC)c1cc(N/N=C2\CCc3ccccc32)nc(OCCN2CCOCC2)n1. The fourth-order valence-electron chi connectivity index (χ4n) is 4.32. The fourth-order valence-corrected chi connectivity index (χ4v) is 4.32. The molecule has 2 aliphatic rings. The third kappa shape index (κ3) is 7.90. The topological polar surface area (TPSA) is 75.1 Å². The van der Waals surface area contributed by atoms with E-state index in [-0.39, 0.29) is 0 Å². The fraction of sp³-hybridized carbons (Fsp3) is 0.593. The van der Waals surface area contributed by atoms with Gasteiger partial charge in [0.1, 0.15) is 12.4 Å². The number of ether oxygens (including phenoxy) is 2. The van der Waals surface area contributed by atoms with Crippen molar-refractivity contribution < 1.29 is 9.47 Å². The molecule has 1 saturated heterocycles. The van der Waals surface area contributed by atoms with Crippen LogP contribution in [0.25, 0.3) is 0 Å². The zero-order chi connectivity index (χ0) is 24.9. The molecular weight excluding hydrogens is 440 g/mol. The highest BCUT2D eigenvalue weighted by atomic mass is 16.5. The van der Waals surface area contributed by atoms with Crippen LogP contribution in [0, 0.1) is 0 Å². The van der Waals surface area contributed by atoms with E-state index in [0.717, 1.165) is 83.2 Å². The summed E-state index contributed by atoms with van der Waals surface area (Å²) >= 11 is 0. The Morgan fingerprint density at radius 3 is 2.54 bits per heavy atom. The van der Waals surface area contributed by atoms with Crippen molar-refractivity contribution in [3.63, 3.8) is 0 Å². The van der Waals surface area contributed by atoms with Gasteiger partial charge in [0.2, 0.25) is 0 Å². The summed E-state index contributed by atoms with van der Waals surface area (Å²) in [7, 11) is 0. The van der Waals surface area contributed by atoms with Crippen molar-refractivity contribution in [2.24, 2.45) is 5.10 Å². The molecule has 192 valence electrons. The van der Waals surface area contributed by atoms with Gasteiger partial charge in [-0.3, -0.25) is 10.3 Å². The quantitative estimate of drug-likeness (QED) is 0.469. The van der Waals surface area contributed by atoms with Crippen molar-refractivity contribution in [2.45, 2.75) is 53.4 Å². The average Bonchev–Trinajstić information content (AvgIpc) is 3.32. The van der Waals surface area contributed by atoms with Gasteiger partial charge in [-0.05, 0) is 31.2 Å². The maximum atomic E-state index is 6.00. The molecule has 1 fully saturated rings. The molecule has 4 rings (SSSR count). The van der Waals surface area contributed by atoms with Crippen LogP contribution in [0.15, 0.2) is 35.4 Å². The second kappa shape index (κ2) is 14.6. The predicted octanol–water partition coefficient (Wildman–Crippen LogP) is 4.60. The minimum atomic E-state index is 0.396. The van der Waals surface area contributed by atoms with Gasteiger partial charge in [0.05, 0.1) is 18.9 Å². The largest absolute Gasteiger partial charge is 0.462 e. The first-order valence-electron chi connectivity index (χ1n) is 13.2. The van der Waals surface area contributed by atoms with Gasteiger partial charge < -0.3 is 14.4 Å². The molecule has 8 nitrogen and oxygen atoms in total. The molecule has 0 bridgehead atoms. The van der Waals surface area contributed by atoms with Gasteiger partial charge >= 0.3 is 6.01 Å². The molecule has 1 aliphatic heterocycles. The van der Waals surface area contributed by atoms with E-state index in [4.69, 9.17) is 19.6 Å². The molecule has 8 heteroatoms. The highest BCUT2D eigenvalue weighted by Gasteiger charge is 2.18. The van der Waals surface area contributed by atoms with Crippen LogP contribution in [-0.2, 0) is 11.2 Å². The number of nitrogens with one attached hydrogen (secondary N) is 1. The average molecular weight is 483 g/mol. The summed E-state index contributed by atoms with van der Waals surface area (Å²) in [6, 6.07) is 10.8. The Bertz CT molecular complexity index is 924. The van der Waals surface area contributed by atoms with Crippen LogP contribution in [0.4, 0.5) is 11.6 Å². The molecule has 0 amide bonds. The highest BCUT2D eigenvalue weighted by Crippen LogP contribution is 2.24. The first-order valence-corrected chi connectivity index (χ1v) is 13.2. The molecule has 1 aromatic carbocycles. The number of nitrogens with zero attached hydrogens (tertiary/aromatic N) is 5. The summed E-state index contributed by atoms with van der Waals surface area (Å²) in [6.45, 7) is 15.1. The molecule has 35 heavy (non-hydrogen) atoms. The molecule has 0 saturated carbocycles. The Morgan fingerprint density at radius 2 is 1.80 bits per heavy atom. The van der Waals surface area contributed by atoms with E-state index in [1.165, 1.54) is 11.1 Å². The van der Waals surface area contributed by atoms with Gasteiger partial charge in [-0.2, -0.15) is 15.1 Å². The van der Waals surface area contributed by atoms with Crippen LogP contribution >= 0.6 is 0 Å². The molecule has 1 N–H and O–H groups in total. The lowest BCUT2D eigenvalue weighted by Crippen LogP contribution is -2.38. The maximum Gasteiger partial charge on any atom is 0.320 e. The lowest BCUT2D eigenvalue weighted by atomic mass is 10.1. The summed E-state index contributed by atoms with van der Waals surface area (Å²) < 4.78 is 11.4. The van der Waals surface area contributed by atoms with Gasteiger partial charge in [0, 0.05) is 44.4 Å². The molecular formula is C27H42N6O2. The van der Waals surface area contributed by atoms with Gasteiger partial charge in [0.15, 0.2) is 5.82 Å². The zero-order valence-electron chi connectivity index (χ0n) is 21.9. The number of fused-ring (bicyclic) bond motifs is 1. The molecule has 0 atom stereocenters. The number of benzene rings is 1. The monoisotopic (exact) mass is 482 g/mol. The Hall–Kier alpha value is -2.71. The third-order valence-electron chi connectivity index (χ3n) is 6.01. The Balaban J connectivity index is 0.00000167. The number of hydrogen-bond acceptors (Lipinski definition) is 8. The number of hydrazone groups is 1. The van der Waals surface area contributed by atoms with Crippen molar-refractivity contribution >= 4 is 17.3 Å². The van der Waals surface area contributed by atoms with Crippen LogP contribution in [0.3, 0.4) is 0 Å². The zero-order valence-corrected chi connectivity index (χ0v) is 21.9. The highest BCUT2D eigenvalue weighted by molar-refractivity contribution is 6.04. The number of hydrogen-bond donors (Lipinski definition) is 1. The van der Waals surface area contributed by atoms with Gasteiger partial charge in [-0.15, -0.1) is 0 Å². The van der Waals surface area contributed by atoms with Gasteiger partial charge in [-0.1, -0.05) is 52.0 Å². The van der Waals surface area contributed by atoms with Crippen LogP contribution in [0.5, 0.6) is 6.01 Å². The van der Waals surface area contributed by atoms with E-state index in [2.05, 4.69) is 58.3 Å². The normalized spacial score (nSPS) is 16.4. The maximum absolute atomic E-state index is 6.00. The number of aryl methyl sites for hydroxylation is 1. The van der Waals surface area contributed by atoms with Gasteiger partial charge in [-0.25, -0.2) is 0 Å². The first-order chi connectivity index (χ1) is 17.3. The minimum absolute atomic E-state index is 0.396. The molecule has 2 heterocycles. The van der Waals surface area contributed by atoms with Crippen LogP contribution < -0.4 is 15.1 Å². The number of anilines is 2. The standard InChI is InChI=1S/C25H36N6O2.C2H6/c1-3-11-31(12-4-2)24-19-23(29-28-22-10-9-20-7-5-6-8-21(20)22)26-25(27-24)33-18-15-30-13-16-32-17-14-30;1-2/h5-8,19H,3-4,9-18H2,1-2H3,(H,26,27,29);1-2H3/b28-22+;. The van der Waals surface area contributed by atoms with Crippen LogP contribution in [0.2, 0.25) is 0 Å². The van der Waals surface area contributed by atoms with Crippen molar-refractivity contribution in [3.05, 3.63) is 41.5 Å². The van der Waals surface area contributed by atoms with E-state index >= 15 is 0 Å². The third-order valence-corrected chi connectivity index (χ3v) is 6.01. The lowest BCUT2D eigenvalue weighted by Gasteiger charge is -2.26. The van der Waals surface area contributed by atoms with E-state index in [0.29, 0.717) is 18.4 Å². The Labute approximate surface area is 210 Å². The smallest absolute Gasteiger partial charge is 0.320 e. The molecule has 1 aliphatic carbocycles. The molecule has 0 unspecified atom stereocenters. The summed E-state index contributed by atoms with van der Waals surface area (Å²) in [6.07, 6.45) is 4.07. The number of aromatic nitrogens is 2. The van der Waals surface area contributed by atoms with E-state index in [9.17, 15) is 0 Å². The van der Waals surface area contributed by atoms with Crippen molar-refractivity contribution in [1.82, 2.24) is 14.9 Å². The number of rotatable bonds is 11. The van der Waals surface area contributed by atoms with E-state index in [1.54, 1.807) is 0 Å². The second-order valence-electron chi connectivity index (χ2n) is 8.51. The van der Waals surface area contributed by atoms with Crippen LogP contribution in [-0.4, -0.2) is 73.1 Å². The van der Waals surface area contributed by atoms with Crippen molar-refractivity contribution in [2.75, 3.05) is 62.9 Å². The Kier molecular flexibility index (Phi) is 11.2. The van der Waals surface area contributed by atoms with Crippen molar-refractivity contribution in [1.29, 1.82) is 0 Å². The minimum Gasteiger partial charge on any atom is -0.462 e. The first kappa shape index (κ1) is 26.9. The second-order valence-corrected chi connectivity index (χ2v) is 8.51. The van der Waals surface area contributed by atoms with E-state index in [1.807, 2.05) is 19.9 Å². The van der Waals surface area contributed by atoms with Crippen molar-refractivity contribution in [3.8, 4) is 6.01 Å². The summed E-state index contributed by atoms with van der Waals surface area (Å²) in [5.74, 6) is 1.54. The van der Waals surface area contributed by atoms with Crippen LogP contribution in [0.1, 0.15) is 58.1 Å². The Morgan fingerprint density at radius 1 is 1.06 bits per heavy atom. The molecule has 0 radical (unpaired) electrons. The number of morpholine rings is 1. The predicted molar refractivity (Wildman–Crippen MR) is 144 cm³/mol. The lowest BCUT2D eigenvalue weighted by molar-refractivity contribution is 0.0317. The molecule has 0 spiro atoms.